The second-order valence-corrected chi connectivity index (χ2v) is 9.17. The van der Waals surface area contributed by atoms with Crippen LogP contribution in [-0.2, 0) is 9.84 Å². The van der Waals surface area contributed by atoms with Crippen LogP contribution in [0.2, 0.25) is 0 Å². The summed E-state index contributed by atoms with van der Waals surface area (Å²) in [6, 6.07) is 5.80. The number of nitriles is 1. The van der Waals surface area contributed by atoms with Gasteiger partial charge in [0.2, 0.25) is 0 Å². The van der Waals surface area contributed by atoms with E-state index in [4.69, 9.17) is 5.26 Å². The van der Waals surface area contributed by atoms with Crippen molar-refractivity contribution in [3.05, 3.63) is 53.1 Å². The summed E-state index contributed by atoms with van der Waals surface area (Å²) >= 11 is 0. The summed E-state index contributed by atoms with van der Waals surface area (Å²) in [5.41, 5.74) is -1.20. The molecule has 1 amide bonds. The molecule has 2 aromatic carbocycles. The van der Waals surface area contributed by atoms with Crippen molar-refractivity contribution in [2.24, 2.45) is 0 Å². The Morgan fingerprint density at radius 2 is 1.64 bits per heavy atom. The van der Waals surface area contributed by atoms with Gasteiger partial charge in [0.05, 0.1) is 22.1 Å². The average molecular weight is 489 g/mol. The van der Waals surface area contributed by atoms with Crippen LogP contribution in [0.5, 0.6) is 5.75 Å². The maximum Gasteiger partial charge on any atom is 0.573 e. The van der Waals surface area contributed by atoms with Crippen molar-refractivity contribution in [1.29, 1.82) is 5.26 Å². The number of hydrogen-bond acceptors (Lipinski definition) is 6. The first-order chi connectivity index (χ1) is 15.3. The Bertz CT molecular complexity index is 1210. The van der Waals surface area contributed by atoms with E-state index < -0.39 is 45.1 Å². The van der Waals surface area contributed by atoms with Gasteiger partial charge >= 0.3 is 6.36 Å². The van der Waals surface area contributed by atoms with Gasteiger partial charge in [-0.3, -0.25) is 4.79 Å². The van der Waals surface area contributed by atoms with Crippen LogP contribution in [0.25, 0.3) is 0 Å². The molecule has 2 aromatic rings. The lowest BCUT2D eigenvalue weighted by atomic mass is 10.1. The number of carbonyl (C=O) groups is 1. The molecule has 7 nitrogen and oxygen atoms in total. The molecule has 13 heteroatoms. The minimum Gasteiger partial charge on any atom is -0.405 e. The van der Waals surface area contributed by atoms with Crippen LogP contribution < -0.4 is 9.64 Å². The Kier molecular flexibility index (Phi) is 6.51. The van der Waals surface area contributed by atoms with Crippen LogP contribution in [0, 0.1) is 23.0 Å². The van der Waals surface area contributed by atoms with Gasteiger partial charge in [-0.1, -0.05) is 0 Å². The van der Waals surface area contributed by atoms with Gasteiger partial charge in [0.15, 0.2) is 21.5 Å². The number of sulfone groups is 1. The van der Waals surface area contributed by atoms with Gasteiger partial charge in [0.25, 0.3) is 5.91 Å². The molecule has 0 spiro atoms. The molecule has 1 fully saturated rings. The van der Waals surface area contributed by atoms with E-state index in [1.165, 1.54) is 4.90 Å². The average Bonchev–Trinajstić information content (AvgIpc) is 2.71. The fourth-order valence-electron chi connectivity index (χ4n) is 3.36. The summed E-state index contributed by atoms with van der Waals surface area (Å²) in [5.74, 6) is -3.73. The number of benzene rings is 2. The largest absolute Gasteiger partial charge is 0.573 e. The Morgan fingerprint density at radius 3 is 2.12 bits per heavy atom. The van der Waals surface area contributed by atoms with Gasteiger partial charge in [0.1, 0.15) is 11.4 Å². The lowest BCUT2D eigenvalue weighted by Gasteiger charge is -2.36. The number of hydrogen-bond donors (Lipinski definition) is 0. The van der Waals surface area contributed by atoms with Crippen LogP contribution >= 0.6 is 0 Å². The van der Waals surface area contributed by atoms with Crippen molar-refractivity contribution in [1.82, 2.24) is 4.90 Å². The van der Waals surface area contributed by atoms with Gasteiger partial charge in [-0.05, 0) is 30.3 Å². The normalized spacial score (nSPS) is 14.7. The summed E-state index contributed by atoms with van der Waals surface area (Å²) in [6.07, 6.45) is -4.29. The van der Waals surface area contributed by atoms with Crippen molar-refractivity contribution >= 4 is 21.4 Å². The van der Waals surface area contributed by atoms with Gasteiger partial charge in [0, 0.05) is 32.4 Å². The standard InChI is InChI=1S/C20H16F5N3O4S/c1-33(30,31)13-2-3-17(32-20(23,24)25)14(10-13)19(29)28-6-4-27(5-7-28)18-15(21)8-12(11-26)9-16(18)22/h2-3,8-10H,4-7H2,1H3. The third-order valence-corrected chi connectivity index (χ3v) is 5.97. The predicted octanol–water partition coefficient (Wildman–Crippen LogP) is 3.10. The van der Waals surface area contributed by atoms with Gasteiger partial charge in [-0.2, -0.15) is 5.26 Å². The molecule has 0 bridgehead atoms. The summed E-state index contributed by atoms with van der Waals surface area (Å²) < 4.78 is 94.3. The first-order valence-electron chi connectivity index (χ1n) is 9.33. The van der Waals surface area contributed by atoms with Crippen molar-refractivity contribution < 1.29 is 39.9 Å². The van der Waals surface area contributed by atoms with Crippen LogP contribution in [0.1, 0.15) is 15.9 Å². The zero-order valence-corrected chi connectivity index (χ0v) is 17.8. The zero-order chi connectivity index (χ0) is 24.6. The molecule has 3 rings (SSSR count). The van der Waals surface area contributed by atoms with Crippen LogP contribution in [0.3, 0.4) is 0 Å². The second kappa shape index (κ2) is 8.86. The van der Waals surface area contributed by atoms with Gasteiger partial charge in [-0.15, -0.1) is 13.2 Å². The van der Waals surface area contributed by atoms with E-state index in [0.717, 1.165) is 41.5 Å². The third kappa shape index (κ3) is 5.51. The van der Waals surface area contributed by atoms with Crippen LogP contribution in [-0.4, -0.2) is 58.0 Å². The lowest BCUT2D eigenvalue weighted by molar-refractivity contribution is -0.274. The number of amides is 1. The molecule has 1 saturated heterocycles. The number of halogens is 5. The number of piperazine rings is 1. The molecule has 0 unspecified atom stereocenters. The molecule has 1 aliphatic rings. The number of nitrogens with zero attached hydrogens (tertiary/aromatic N) is 3. The molecule has 1 aliphatic heterocycles. The number of alkyl halides is 3. The maximum atomic E-state index is 14.3. The summed E-state index contributed by atoms with van der Waals surface area (Å²) in [4.78, 5) is 15.0. The fraction of sp³-hybridized carbons (Fsp3) is 0.300. The van der Waals surface area contributed by atoms with E-state index in [9.17, 15) is 35.2 Å². The lowest BCUT2D eigenvalue weighted by Crippen LogP contribution is -2.49. The molecule has 1 heterocycles. The van der Waals surface area contributed by atoms with E-state index in [1.807, 2.05) is 0 Å². The number of carbonyl (C=O) groups excluding carboxylic acids is 1. The number of anilines is 1. The molecule has 33 heavy (non-hydrogen) atoms. The van der Waals surface area contributed by atoms with Crippen LogP contribution in [0.4, 0.5) is 27.6 Å². The maximum absolute atomic E-state index is 14.3. The highest BCUT2D eigenvalue weighted by atomic mass is 32.2. The highest BCUT2D eigenvalue weighted by molar-refractivity contribution is 7.90. The van der Waals surface area contributed by atoms with E-state index in [1.54, 1.807) is 6.07 Å². The third-order valence-electron chi connectivity index (χ3n) is 4.86. The Morgan fingerprint density at radius 1 is 1.06 bits per heavy atom. The Hall–Kier alpha value is -3.40. The molecule has 0 radical (unpaired) electrons. The molecular formula is C20H16F5N3O4S. The first kappa shape index (κ1) is 24.2. The topological polar surface area (TPSA) is 90.7 Å². The molecule has 0 N–H and O–H groups in total. The van der Waals surface area contributed by atoms with Crippen molar-refractivity contribution in [2.45, 2.75) is 11.3 Å². The van der Waals surface area contributed by atoms with E-state index in [-0.39, 0.29) is 42.3 Å². The minimum atomic E-state index is -5.12. The summed E-state index contributed by atoms with van der Waals surface area (Å²) in [6.45, 7) is -0.363. The smallest absolute Gasteiger partial charge is 0.405 e. The summed E-state index contributed by atoms with van der Waals surface area (Å²) in [5, 5.41) is 8.80. The van der Waals surface area contributed by atoms with Crippen molar-refractivity contribution in [3.63, 3.8) is 0 Å². The Labute approximate surface area is 185 Å². The van der Waals surface area contributed by atoms with Crippen molar-refractivity contribution in [3.8, 4) is 11.8 Å². The van der Waals surface area contributed by atoms with Crippen LogP contribution in [0.15, 0.2) is 35.2 Å². The number of ether oxygens (including phenoxy) is 1. The highest BCUT2D eigenvalue weighted by Gasteiger charge is 2.35. The molecule has 176 valence electrons. The molecule has 0 atom stereocenters. The molecule has 0 aromatic heterocycles. The van der Waals surface area contributed by atoms with Crippen molar-refractivity contribution in [2.75, 3.05) is 37.3 Å². The first-order valence-corrected chi connectivity index (χ1v) is 11.2. The number of rotatable bonds is 4. The Balaban J connectivity index is 1.85. The van der Waals surface area contributed by atoms with E-state index >= 15 is 0 Å². The molecule has 0 saturated carbocycles. The molecule has 0 aliphatic carbocycles. The van der Waals surface area contributed by atoms with Gasteiger partial charge < -0.3 is 14.5 Å². The quantitative estimate of drug-likeness (QED) is 0.614. The minimum absolute atomic E-state index is 0.0628. The van der Waals surface area contributed by atoms with Gasteiger partial charge in [-0.25, -0.2) is 17.2 Å². The zero-order valence-electron chi connectivity index (χ0n) is 17.0. The van der Waals surface area contributed by atoms with E-state index in [2.05, 4.69) is 4.74 Å². The summed E-state index contributed by atoms with van der Waals surface area (Å²) in [7, 11) is -3.83. The second-order valence-electron chi connectivity index (χ2n) is 7.16. The predicted molar refractivity (Wildman–Crippen MR) is 105 cm³/mol. The monoisotopic (exact) mass is 489 g/mol. The fourth-order valence-corrected chi connectivity index (χ4v) is 4.00. The SMILES string of the molecule is CS(=O)(=O)c1ccc(OC(F)(F)F)c(C(=O)N2CCN(c3c(F)cc(C#N)cc3F)CC2)c1. The highest BCUT2D eigenvalue weighted by Crippen LogP contribution is 2.31. The molecular weight excluding hydrogens is 473 g/mol. The van der Waals surface area contributed by atoms with E-state index in [0.29, 0.717) is 0 Å².